The van der Waals surface area contributed by atoms with Crippen molar-refractivity contribution in [3.05, 3.63) is 67.3 Å². The van der Waals surface area contributed by atoms with Crippen LogP contribution < -0.4 is 14.8 Å². The third-order valence-electron chi connectivity index (χ3n) is 3.07. The Morgan fingerprint density at radius 3 is 2.39 bits per heavy atom. The first-order valence-electron chi connectivity index (χ1n) is 7.59. The maximum Gasteiger partial charge on any atom is 0.224 e. The van der Waals surface area contributed by atoms with Crippen LogP contribution in [-0.2, 0) is 4.79 Å². The van der Waals surface area contributed by atoms with E-state index in [0.29, 0.717) is 26.1 Å². The highest BCUT2D eigenvalue weighted by Gasteiger charge is 2.03. The van der Waals surface area contributed by atoms with Crippen molar-refractivity contribution in [1.29, 1.82) is 0 Å². The Hall–Kier alpha value is -2.75. The first-order valence-corrected chi connectivity index (χ1v) is 7.59. The second-order valence-corrected chi connectivity index (χ2v) is 4.94. The molecule has 0 aromatic heterocycles. The second-order valence-electron chi connectivity index (χ2n) is 4.94. The van der Waals surface area contributed by atoms with Gasteiger partial charge in [-0.15, -0.1) is 0 Å². The van der Waals surface area contributed by atoms with Gasteiger partial charge in [-0.3, -0.25) is 4.79 Å². The molecule has 0 saturated heterocycles. The van der Waals surface area contributed by atoms with Crippen molar-refractivity contribution in [2.75, 3.05) is 18.5 Å². The molecule has 0 saturated carbocycles. The van der Waals surface area contributed by atoms with Crippen LogP contribution in [0.2, 0.25) is 0 Å². The molecule has 0 aliphatic carbocycles. The van der Waals surface area contributed by atoms with Crippen molar-refractivity contribution < 1.29 is 14.3 Å². The predicted molar refractivity (Wildman–Crippen MR) is 91.9 cm³/mol. The van der Waals surface area contributed by atoms with E-state index in [2.05, 4.69) is 11.9 Å². The molecule has 0 heterocycles. The zero-order valence-electron chi connectivity index (χ0n) is 13.0. The average Bonchev–Trinajstić information content (AvgIpc) is 2.59. The second kappa shape index (κ2) is 9.30. The number of rotatable bonds is 9. The van der Waals surface area contributed by atoms with E-state index in [0.717, 1.165) is 17.2 Å². The summed E-state index contributed by atoms with van der Waals surface area (Å²) in [6, 6.07) is 16.8. The summed E-state index contributed by atoms with van der Waals surface area (Å²) in [7, 11) is 0. The van der Waals surface area contributed by atoms with Gasteiger partial charge in [-0.25, -0.2) is 0 Å². The van der Waals surface area contributed by atoms with Gasteiger partial charge in [-0.05, 0) is 42.8 Å². The van der Waals surface area contributed by atoms with Crippen molar-refractivity contribution in [1.82, 2.24) is 0 Å². The van der Waals surface area contributed by atoms with Crippen LogP contribution in [0.5, 0.6) is 11.5 Å². The van der Waals surface area contributed by atoms with Crippen molar-refractivity contribution in [2.45, 2.75) is 12.8 Å². The summed E-state index contributed by atoms with van der Waals surface area (Å²) in [5.74, 6) is 1.55. The maximum atomic E-state index is 11.9. The number of hydrogen-bond acceptors (Lipinski definition) is 3. The van der Waals surface area contributed by atoms with Gasteiger partial charge < -0.3 is 14.8 Å². The van der Waals surface area contributed by atoms with Crippen LogP contribution in [-0.4, -0.2) is 19.1 Å². The van der Waals surface area contributed by atoms with Gasteiger partial charge >= 0.3 is 0 Å². The molecule has 4 nitrogen and oxygen atoms in total. The Morgan fingerprint density at radius 1 is 1.00 bits per heavy atom. The SMILES string of the molecule is C=CCOc1ccc(NC(=O)CCCOc2ccccc2)cc1. The summed E-state index contributed by atoms with van der Waals surface area (Å²) in [6.07, 6.45) is 2.77. The molecule has 4 heteroatoms. The molecule has 0 atom stereocenters. The zero-order chi connectivity index (χ0) is 16.3. The highest BCUT2D eigenvalue weighted by atomic mass is 16.5. The number of amides is 1. The summed E-state index contributed by atoms with van der Waals surface area (Å²) in [5, 5.41) is 2.85. The fourth-order valence-corrected chi connectivity index (χ4v) is 1.95. The highest BCUT2D eigenvalue weighted by Crippen LogP contribution is 2.16. The summed E-state index contributed by atoms with van der Waals surface area (Å²) < 4.78 is 10.9. The fraction of sp³-hybridized carbons (Fsp3) is 0.211. The van der Waals surface area contributed by atoms with E-state index in [1.54, 1.807) is 6.08 Å². The first-order chi connectivity index (χ1) is 11.3. The Kier molecular flexibility index (Phi) is 6.72. The third-order valence-corrected chi connectivity index (χ3v) is 3.07. The lowest BCUT2D eigenvalue weighted by Crippen LogP contribution is -2.12. The van der Waals surface area contributed by atoms with E-state index in [4.69, 9.17) is 9.47 Å². The van der Waals surface area contributed by atoms with Crippen LogP contribution in [0, 0.1) is 0 Å². The van der Waals surface area contributed by atoms with Gasteiger partial charge in [0.1, 0.15) is 18.1 Å². The number of hydrogen-bond donors (Lipinski definition) is 1. The molecule has 1 N–H and O–H groups in total. The minimum absolute atomic E-state index is 0.0265. The van der Waals surface area contributed by atoms with Gasteiger partial charge in [-0.1, -0.05) is 30.9 Å². The number of carbonyl (C=O) groups excluding carboxylic acids is 1. The summed E-state index contributed by atoms with van der Waals surface area (Å²) in [6.45, 7) is 4.58. The van der Waals surface area contributed by atoms with Crippen LogP contribution >= 0.6 is 0 Å². The smallest absolute Gasteiger partial charge is 0.224 e. The zero-order valence-corrected chi connectivity index (χ0v) is 13.0. The summed E-state index contributed by atoms with van der Waals surface area (Å²) in [4.78, 5) is 11.9. The molecule has 120 valence electrons. The van der Waals surface area contributed by atoms with Gasteiger partial charge in [-0.2, -0.15) is 0 Å². The third kappa shape index (κ3) is 6.26. The van der Waals surface area contributed by atoms with E-state index in [1.807, 2.05) is 54.6 Å². The largest absolute Gasteiger partial charge is 0.494 e. The molecule has 0 unspecified atom stereocenters. The molecule has 0 aliphatic rings. The average molecular weight is 311 g/mol. The lowest BCUT2D eigenvalue weighted by molar-refractivity contribution is -0.116. The van der Waals surface area contributed by atoms with Crippen LogP contribution in [0.1, 0.15) is 12.8 Å². The van der Waals surface area contributed by atoms with E-state index < -0.39 is 0 Å². The van der Waals surface area contributed by atoms with Crippen LogP contribution in [0.4, 0.5) is 5.69 Å². The van der Waals surface area contributed by atoms with Gasteiger partial charge in [0, 0.05) is 12.1 Å². The Bertz CT molecular complexity index is 608. The molecule has 0 fully saturated rings. The molecule has 2 aromatic rings. The highest BCUT2D eigenvalue weighted by molar-refractivity contribution is 5.90. The number of para-hydroxylation sites is 1. The molecule has 23 heavy (non-hydrogen) atoms. The molecule has 2 rings (SSSR count). The van der Waals surface area contributed by atoms with Crippen molar-refractivity contribution in [2.24, 2.45) is 0 Å². The van der Waals surface area contributed by atoms with Gasteiger partial charge in [0.2, 0.25) is 5.91 Å². The maximum absolute atomic E-state index is 11.9. The number of anilines is 1. The standard InChI is InChI=1S/C19H21NO3/c1-2-14-22-18-12-10-16(11-13-18)20-19(21)9-6-15-23-17-7-4-3-5-8-17/h2-5,7-8,10-13H,1,6,9,14-15H2,(H,20,21). The normalized spacial score (nSPS) is 9.91. The van der Waals surface area contributed by atoms with Crippen molar-refractivity contribution in [3.63, 3.8) is 0 Å². The minimum atomic E-state index is -0.0265. The van der Waals surface area contributed by atoms with Crippen LogP contribution in [0.25, 0.3) is 0 Å². The molecule has 1 amide bonds. The monoisotopic (exact) mass is 311 g/mol. The number of carbonyl (C=O) groups is 1. The van der Waals surface area contributed by atoms with Gasteiger partial charge in [0.05, 0.1) is 6.61 Å². The number of ether oxygens (including phenoxy) is 2. The van der Waals surface area contributed by atoms with Gasteiger partial charge in [0.25, 0.3) is 0 Å². The Labute approximate surface area is 136 Å². The molecule has 0 spiro atoms. The molecule has 0 bridgehead atoms. The molecular formula is C19H21NO3. The molecular weight excluding hydrogens is 290 g/mol. The molecule has 0 radical (unpaired) electrons. The number of nitrogens with one attached hydrogen (secondary N) is 1. The predicted octanol–water partition coefficient (Wildman–Crippen LogP) is 4.05. The number of benzene rings is 2. The van der Waals surface area contributed by atoms with Crippen LogP contribution in [0.3, 0.4) is 0 Å². The lowest BCUT2D eigenvalue weighted by Gasteiger charge is -2.08. The Morgan fingerprint density at radius 2 is 1.70 bits per heavy atom. The molecule has 2 aromatic carbocycles. The topological polar surface area (TPSA) is 47.6 Å². The minimum Gasteiger partial charge on any atom is -0.494 e. The quantitative estimate of drug-likeness (QED) is 0.561. The van der Waals surface area contributed by atoms with Crippen molar-refractivity contribution >= 4 is 11.6 Å². The summed E-state index contributed by atoms with van der Waals surface area (Å²) >= 11 is 0. The fourth-order valence-electron chi connectivity index (χ4n) is 1.95. The summed E-state index contributed by atoms with van der Waals surface area (Å²) in [5.41, 5.74) is 0.755. The van der Waals surface area contributed by atoms with E-state index in [1.165, 1.54) is 0 Å². The first kappa shape index (κ1) is 16.6. The van der Waals surface area contributed by atoms with Crippen molar-refractivity contribution in [3.8, 4) is 11.5 Å². The Balaban J connectivity index is 1.67. The lowest BCUT2D eigenvalue weighted by atomic mass is 10.2. The molecule has 0 aliphatic heterocycles. The van der Waals surface area contributed by atoms with Gasteiger partial charge in [0.15, 0.2) is 0 Å². The van der Waals surface area contributed by atoms with E-state index >= 15 is 0 Å². The van der Waals surface area contributed by atoms with Crippen LogP contribution in [0.15, 0.2) is 67.3 Å². The van der Waals surface area contributed by atoms with E-state index in [9.17, 15) is 4.79 Å². The van der Waals surface area contributed by atoms with E-state index in [-0.39, 0.29) is 5.91 Å².